The number of amides is 1. The third-order valence-electron chi connectivity index (χ3n) is 3.84. The van der Waals surface area contributed by atoms with Crippen molar-refractivity contribution in [1.29, 1.82) is 0 Å². The van der Waals surface area contributed by atoms with Crippen LogP contribution in [0.3, 0.4) is 0 Å². The lowest BCUT2D eigenvalue weighted by molar-refractivity contribution is -0.170. The van der Waals surface area contributed by atoms with E-state index in [4.69, 9.17) is 4.84 Å². The van der Waals surface area contributed by atoms with Crippen LogP contribution >= 0.6 is 0 Å². The average molecular weight is 248 g/mol. The molecule has 1 aliphatic rings. The number of benzene rings is 1. The molecule has 0 N–H and O–H groups in total. The number of hydrogen-bond donors (Lipinski definition) is 0. The molecule has 1 aromatic rings. The second-order valence-electron chi connectivity index (χ2n) is 4.91. The molecule has 1 amide bonds. The Kier molecular flexibility index (Phi) is 3.30. The first-order valence-electron chi connectivity index (χ1n) is 6.12. The van der Waals surface area contributed by atoms with Gasteiger partial charge in [-0.1, -0.05) is 17.7 Å². The fraction of sp³-hybridized carbons (Fsp3) is 0.500. The summed E-state index contributed by atoms with van der Waals surface area (Å²) < 4.78 is 0. The van der Waals surface area contributed by atoms with Crippen LogP contribution in [-0.2, 0) is 9.63 Å². The van der Waals surface area contributed by atoms with E-state index in [1.165, 1.54) is 17.7 Å². The van der Waals surface area contributed by atoms with Crippen LogP contribution in [0.15, 0.2) is 18.2 Å². The van der Waals surface area contributed by atoms with Crippen molar-refractivity contribution >= 4 is 11.6 Å². The summed E-state index contributed by atoms with van der Waals surface area (Å²) in [6.07, 6.45) is 0. The van der Waals surface area contributed by atoms with Gasteiger partial charge in [0.05, 0.1) is 13.0 Å². The number of hydrogen-bond acceptors (Lipinski definition) is 3. The number of aryl methyl sites for hydroxylation is 1. The Bertz CT molecular complexity index is 473. The van der Waals surface area contributed by atoms with E-state index in [2.05, 4.69) is 30.0 Å². The van der Waals surface area contributed by atoms with Crippen LogP contribution in [0.5, 0.6) is 0 Å². The zero-order valence-corrected chi connectivity index (χ0v) is 11.6. The lowest BCUT2D eigenvalue weighted by Crippen LogP contribution is -2.38. The van der Waals surface area contributed by atoms with Gasteiger partial charge in [-0.25, -0.2) is 5.06 Å². The number of fused-ring (bicyclic) bond motifs is 1. The summed E-state index contributed by atoms with van der Waals surface area (Å²) in [5.41, 5.74) is 3.41. The molecule has 98 valence electrons. The summed E-state index contributed by atoms with van der Waals surface area (Å²) >= 11 is 0. The molecule has 0 radical (unpaired) electrons. The number of carbonyl (C=O) groups excluding carboxylic acids is 1. The van der Waals surface area contributed by atoms with Crippen molar-refractivity contribution in [3.05, 3.63) is 29.3 Å². The minimum atomic E-state index is -0.158. The third-order valence-corrected chi connectivity index (χ3v) is 3.84. The van der Waals surface area contributed by atoms with Crippen molar-refractivity contribution in [3.63, 3.8) is 0 Å². The molecule has 1 aromatic carbocycles. The van der Waals surface area contributed by atoms with Crippen LogP contribution in [-0.4, -0.2) is 38.2 Å². The molecule has 18 heavy (non-hydrogen) atoms. The Morgan fingerprint density at radius 2 is 2.11 bits per heavy atom. The smallest absolute Gasteiger partial charge is 0.255 e. The molecule has 0 spiro atoms. The monoisotopic (exact) mass is 248 g/mol. The maximum Gasteiger partial charge on any atom is 0.255 e. The number of likely N-dealkylation sites (N-methyl/N-ethyl adjacent to an activating group) is 2. The van der Waals surface area contributed by atoms with Crippen molar-refractivity contribution < 1.29 is 9.63 Å². The maximum absolute atomic E-state index is 12.4. The van der Waals surface area contributed by atoms with E-state index in [-0.39, 0.29) is 17.9 Å². The normalized spacial score (nSPS) is 21.9. The molecule has 0 saturated heterocycles. The van der Waals surface area contributed by atoms with Gasteiger partial charge in [0.1, 0.15) is 0 Å². The highest BCUT2D eigenvalue weighted by atomic mass is 16.7. The van der Waals surface area contributed by atoms with E-state index >= 15 is 0 Å². The highest BCUT2D eigenvalue weighted by Gasteiger charge is 2.39. The van der Waals surface area contributed by atoms with Gasteiger partial charge in [0.25, 0.3) is 5.91 Å². The highest BCUT2D eigenvalue weighted by molar-refractivity contribution is 5.88. The Hall–Kier alpha value is -1.55. The topological polar surface area (TPSA) is 32.8 Å². The quantitative estimate of drug-likeness (QED) is 0.750. The fourth-order valence-electron chi connectivity index (χ4n) is 2.57. The molecule has 2 rings (SSSR count). The van der Waals surface area contributed by atoms with E-state index in [1.807, 2.05) is 14.0 Å². The minimum absolute atomic E-state index is 0.00111. The molecule has 1 aliphatic heterocycles. The van der Waals surface area contributed by atoms with Crippen LogP contribution in [0.1, 0.15) is 24.0 Å². The Morgan fingerprint density at radius 3 is 2.72 bits per heavy atom. The van der Waals surface area contributed by atoms with Crippen LogP contribution in [0.4, 0.5) is 5.69 Å². The van der Waals surface area contributed by atoms with Crippen LogP contribution in [0, 0.1) is 6.92 Å². The summed E-state index contributed by atoms with van der Waals surface area (Å²) in [5.74, 6) is -0.156. The molecular weight excluding hydrogens is 228 g/mol. The van der Waals surface area contributed by atoms with Gasteiger partial charge in [-0.3, -0.25) is 9.63 Å². The summed E-state index contributed by atoms with van der Waals surface area (Å²) in [5, 5.41) is 1.31. The van der Waals surface area contributed by atoms with Crippen molar-refractivity contribution in [1.82, 2.24) is 5.06 Å². The van der Waals surface area contributed by atoms with Gasteiger partial charge >= 0.3 is 0 Å². The molecule has 1 heterocycles. The van der Waals surface area contributed by atoms with Gasteiger partial charge in [0.15, 0.2) is 0 Å². The lowest BCUT2D eigenvalue weighted by atomic mass is 9.94. The Balaban J connectivity index is 2.44. The first-order chi connectivity index (χ1) is 8.47. The average Bonchev–Trinajstić information content (AvgIpc) is 2.60. The van der Waals surface area contributed by atoms with Gasteiger partial charge in [0, 0.05) is 25.8 Å². The van der Waals surface area contributed by atoms with Crippen molar-refractivity contribution in [2.24, 2.45) is 0 Å². The minimum Gasteiger partial charge on any atom is -0.370 e. The molecular formula is C14H20N2O2. The van der Waals surface area contributed by atoms with Crippen molar-refractivity contribution in [2.75, 3.05) is 26.1 Å². The van der Waals surface area contributed by atoms with E-state index in [9.17, 15) is 4.79 Å². The molecule has 4 nitrogen and oxygen atoms in total. The van der Waals surface area contributed by atoms with Crippen LogP contribution in [0.25, 0.3) is 0 Å². The fourth-order valence-corrected chi connectivity index (χ4v) is 2.57. The van der Waals surface area contributed by atoms with E-state index in [0.717, 1.165) is 11.3 Å². The molecule has 0 saturated carbocycles. The van der Waals surface area contributed by atoms with E-state index in [0.29, 0.717) is 0 Å². The van der Waals surface area contributed by atoms with Crippen molar-refractivity contribution in [2.45, 2.75) is 25.8 Å². The first-order valence-corrected chi connectivity index (χ1v) is 6.12. The third kappa shape index (κ3) is 1.86. The number of carbonyl (C=O) groups is 1. The molecule has 0 unspecified atom stereocenters. The van der Waals surface area contributed by atoms with E-state index < -0.39 is 0 Å². The second-order valence-corrected chi connectivity index (χ2v) is 4.91. The number of nitrogens with zero attached hydrogens (tertiary/aromatic N) is 2. The molecule has 2 atom stereocenters. The summed E-state index contributed by atoms with van der Waals surface area (Å²) in [4.78, 5) is 19.6. The van der Waals surface area contributed by atoms with Crippen LogP contribution in [0.2, 0.25) is 0 Å². The summed E-state index contributed by atoms with van der Waals surface area (Å²) in [6.45, 7) is 4.12. The molecule has 0 bridgehead atoms. The zero-order valence-electron chi connectivity index (χ0n) is 11.6. The molecule has 0 fully saturated rings. The number of hydroxylamine groups is 2. The standard InChI is InChI=1S/C14H20N2O2/c1-9-6-7-12-11(8-9)13(10(2)15(12)3)14(17)16(4)18-5/h6-8,10,13H,1-5H3/t10-,13-/m0/s1. The van der Waals surface area contributed by atoms with Gasteiger partial charge < -0.3 is 4.90 Å². The summed E-state index contributed by atoms with van der Waals surface area (Å²) in [7, 11) is 5.19. The van der Waals surface area contributed by atoms with Crippen LogP contribution < -0.4 is 4.90 Å². The highest BCUT2D eigenvalue weighted by Crippen LogP contribution is 2.41. The van der Waals surface area contributed by atoms with Gasteiger partial charge in [-0.15, -0.1) is 0 Å². The lowest BCUT2D eigenvalue weighted by Gasteiger charge is -2.24. The number of rotatable bonds is 2. The predicted molar refractivity (Wildman–Crippen MR) is 71.6 cm³/mol. The van der Waals surface area contributed by atoms with Gasteiger partial charge in [0.2, 0.25) is 0 Å². The predicted octanol–water partition coefficient (Wildman–Crippen LogP) is 1.94. The SMILES string of the molecule is CON(C)C(=O)[C@@H]1c2cc(C)ccc2N(C)[C@H]1C. The second kappa shape index (κ2) is 4.61. The molecule has 4 heteroatoms. The molecule has 0 aliphatic carbocycles. The first kappa shape index (κ1) is 12.9. The van der Waals surface area contributed by atoms with E-state index in [1.54, 1.807) is 7.05 Å². The summed E-state index contributed by atoms with van der Waals surface area (Å²) in [6, 6.07) is 6.41. The zero-order chi connectivity index (χ0) is 13.4. The Morgan fingerprint density at radius 1 is 1.44 bits per heavy atom. The van der Waals surface area contributed by atoms with Gasteiger partial charge in [-0.05, 0) is 25.5 Å². The van der Waals surface area contributed by atoms with Crippen molar-refractivity contribution in [3.8, 4) is 0 Å². The number of anilines is 1. The van der Waals surface area contributed by atoms with Gasteiger partial charge in [-0.2, -0.15) is 0 Å². The maximum atomic E-state index is 12.4. The Labute approximate surface area is 108 Å². The molecule has 0 aromatic heterocycles. The largest absolute Gasteiger partial charge is 0.370 e.